The maximum absolute atomic E-state index is 10.8. The van der Waals surface area contributed by atoms with Gasteiger partial charge in [-0.3, -0.25) is 4.79 Å². The van der Waals surface area contributed by atoms with E-state index in [1.165, 1.54) is 0 Å². The van der Waals surface area contributed by atoms with Gasteiger partial charge in [0.15, 0.2) is 0 Å². The molecule has 3 heteroatoms. The Balaban J connectivity index is 3.37. The maximum atomic E-state index is 10.8. The Hall–Kier alpha value is -1.04. The molecule has 1 N–H and O–H groups in total. The Morgan fingerprint density at radius 3 is 2.70 bits per heavy atom. The average molecular weight is 140 g/mol. The zero-order chi connectivity index (χ0) is 7.98. The number of nitrogens with one attached hydrogen (secondary N) is 1. The number of nitrogens with zero attached hydrogens (tertiary/aromatic N) is 1. The number of carbonyl (C=O) groups excluding carboxylic acids is 1. The summed E-state index contributed by atoms with van der Waals surface area (Å²) in [4.78, 5) is 10.8. The van der Waals surface area contributed by atoms with Gasteiger partial charge in [-0.05, 0) is 5.92 Å². The molecule has 0 bridgehead atoms. The van der Waals surface area contributed by atoms with Crippen LogP contribution in [0.2, 0.25) is 0 Å². The fourth-order valence-corrected chi connectivity index (χ4v) is 0.581. The quantitative estimate of drug-likeness (QED) is 0.586. The first kappa shape index (κ1) is 8.96. The predicted molar refractivity (Wildman–Crippen MR) is 38.1 cm³/mol. The van der Waals surface area contributed by atoms with Gasteiger partial charge in [-0.1, -0.05) is 13.8 Å². The van der Waals surface area contributed by atoms with Crippen LogP contribution in [0.15, 0.2) is 0 Å². The van der Waals surface area contributed by atoms with Crippen molar-refractivity contribution in [1.29, 1.82) is 5.26 Å². The molecule has 0 aliphatic heterocycles. The average Bonchev–Trinajstić information content (AvgIpc) is 1.82. The zero-order valence-electron chi connectivity index (χ0n) is 6.35. The summed E-state index contributed by atoms with van der Waals surface area (Å²) in [6, 6.07) is 1.84. The number of rotatable bonds is 3. The van der Waals surface area contributed by atoms with Crippen LogP contribution in [0.25, 0.3) is 0 Å². The SMILES string of the molecule is CC(C)CC(=O)NCC#N. The highest BCUT2D eigenvalue weighted by molar-refractivity contribution is 5.76. The maximum Gasteiger partial charge on any atom is 0.221 e. The lowest BCUT2D eigenvalue weighted by atomic mass is 10.1. The summed E-state index contributed by atoms with van der Waals surface area (Å²) in [5.41, 5.74) is 0. The van der Waals surface area contributed by atoms with Crippen molar-refractivity contribution < 1.29 is 4.79 Å². The molecule has 0 aromatic carbocycles. The van der Waals surface area contributed by atoms with E-state index in [1.54, 1.807) is 0 Å². The highest BCUT2D eigenvalue weighted by atomic mass is 16.1. The van der Waals surface area contributed by atoms with Gasteiger partial charge in [0.05, 0.1) is 6.07 Å². The first-order chi connectivity index (χ1) is 4.66. The molecule has 0 rings (SSSR count). The molecular formula is C7H12N2O. The topological polar surface area (TPSA) is 52.9 Å². The highest BCUT2D eigenvalue weighted by Crippen LogP contribution is 1.97. The smallest absolute Gasteiger partial charge is 0.221 e. The molecule has 0 aliphatic rings. The van der Waals surface area contributed by atoms with E-state index >= 15 is 0 Å². The van der Waals surface area contributed by atoms with Gasteiger partial charge < -0.3 is 5.32 Å². The van der Waals surface area contributed by atoms with Crippen LogP contribution in [-0.2, 0) is 4.79 Å². The van der Waals surface area contributed by atoms with Crippen molar-refractivity contribution in [2.24, 2.45) is 5.92 Å². The van der Waals surface area contributed by atoms with Gasteiger partial charge in [0.1, 0.15) is 6.54 Å². The van der Waals surface area contributed by atoms with Gasteiger partial charge in [0, 0.05) is 6.42 Å². The molecule has 0 fully saturated rings. The van der Waals surface area contributed by atoms with E-state index in [0.717, 1.165) is 0 Å². The molecular weight excluding hydrogens is 128 g/mol. The summed E-state index contributed by atoms with van der Waals surface area (Å²) in [6.45, 7) is 4.05. The molecule has 0 aromatic rings. The van der Waals surface area contributed by atoms with Gasteiger partial charge in [-0.25, -0.2) is 0 Å². The lowest BCUT2D eigenvalue weighted by molar-refractivity contribution is -0.121. The number of hydrogen-bond donors (Lipinski definition) is 1. The minimum absolute atomic E-state index is 0.0449. The van der Waals surface area contributed by atoms with E-state index in [-0.39, 0.29) is 12.5 Å². The molecule has 3 nitrogen and oxygen atoms in total. The molecule has 0 radical (unpaired) electrons. The van der Waals surface area contributed by atoms with Crippen LogP contribution in [-0.4, -0.2) is 12.5 Å². The minimum Gasteiger partial charge on any atom is -0.343 e. The molecule has 0 atom stereocenters. The lowest BCUT2D eigenvalue weighted by Gasteiger charge is -2.02. The summed E-state index contributed by atoms with van der Waals surface area (Å²) in [7, 11) is 0. The van der Waals surface area contributed by atoms with E-state index in [4.69, 9.17) is 5.26 Å². The Labute approximate surface area is 61.0 Å². The van der Waals surface area contributed by atoms with Gasteiger partial charge >= 0.3 is 0 Å². The van der Waals surface area contributed by atoms with Crippen molar-refractivity contribution in [1.82, 2.24) is 5.32 Å². The predicted octanol–water partition coefficient (Wildman–Crippen LogP) is 0.672. The lowest BCUT2D eigenvalue weighted by Crippen LogP contribution is -2.24. The molecule has 0 saturated carbocycles. The van der Waals surface area contributed by atoms with Crippen molar-refractivity contribution in [3.8, 4) is 6.07 Å². The summed E-state index contributed by atoms with van der Waals surface area (Å²) >= 11 is 0. The first-order valence-electron chi connectivity index (χ1n) is 3.30. The summed E-state index contributed by atoms with van der Waals surface area (Å²) in [6.07, 6.45) is 0.502. The first-order valence-corrected chi connectivity index (χ1v) is 3.30. The Morgan fingerprint density at radius 2 is 2.30 bits per heavy atom. The number of carbonyl (C=O) groups is 1. The van der Waals surface area contributed by atoms with E-state index < -0.39 is 0 Å². The molecule has 0 aromatic heterocycles. The van der Waals surface area contributed by atoms with Crippen molar-refractivity contribution in [3.63, 3.8) is 0 Å². The summed E-state index contributed by atoms with van der Waals surface area (Å²) in [5, 5.41) is 10.5. The van der Waals surface area contributed by atoms with Crippen LogP contribution in [0.5, 0.6) is 0 Å². The zero-order valence-corrected chi connectivity index (χ0v) is 6.35. The van der Waals surface area contributed by atoms with Crippen LogP contribution < -0.4 is 5.32 Å². The van der Waals surface area contributed by atoms with Crippen molar-refractivity contribution in [2.45, 2.75) is 20.3 Å². The summed E-state index contributed by atoms with van der Waals surface area (Å²) < 4.78 is 0. The van der Waals surface area contributed by atoms with Gasteiger partial charge in [-0.15, -0.1) is 0 Å². The van der Waals surface area contributed by atoms with E-state index in [2.05, 4.69) is 5.32 Å². The molecule has 0 heterocycles. The molecule has 56 valence electrons. The highest BCUT2D eigenvalue weighted by Gasteiger charge is 2.01. The Morgan fingerprint density at radius 1 is 1.70 bits per heavy atom. The number of nitriles is 1. The van der Waals surface area contributed by atoms with Crippen LogP contribution >= 0.6 is 0 Å². The third-order valence-corrected chi connectivity index (χ3v) is 0.958. The summed E-state index contributed by atoms with van der Waals surface area (Å²) in [5.74, 6) is 0.315. The van der Waals surface area contributed by atoms with Crippen LogP contribution in [0.1, 0.15) is 20.3 Å². The molecule has 10 heavy (non-hydrogen) atoms. The second-order valence-electron chi connectivity index (χ2n) is 2.53. The molecule has 0 saturated heterocycles. The number of hydrogen-bond acceptors (Lipinski definition) is 2. The van der Waals surface area contributed by atoms with Gasteiger partial charge in [0.2, 0.25) is 5.91 Å². The van der Waals surface area contributed by atoms with Gasteiger partial charge in [-0.2, -0.15) is 5.26 Å². The third kappa shape index (κ3) is 5.10. The number of amides is 1. The minimum atomic E-state index is -0.0449. The fraction of sp³-hybridized carbons (Fsp3) is 0.714. The van der Waals surface area contributed by atoms with E-state index in [9.17, 15) is 4.79 Å². The van der Waals surface area contributed by atoms with Crippen LogP contribution in [0.4, 0.5) is 0 Å². The molecule has 0 aliphatic carbocycles. The third-order valence-electron chi connectivity index (χ3n) is 0.958. The largest absolute Gasteiger partial charge is 0.343 e. The monoisotopic (exact) mass is 140 g/mol. The van der Waals surface area contributed by atoms with Gasteiger partial charge in [0.25, 0.3) is 0 Å². The molecule has 0 unspecified atom stereocenters. The fourth-order valence-electron chi connectivity index (χ4n) is 0.581. The van der Waals surface area contributed by atoms with Crippen molar-refractivity contribution >= 4 is 5.91 Å². The van der Waals surface area contributed by atoms with Crippen molar-refractivity contribution in [2.75, 3.05) is 6.54 Å². The van der Waals surface area contributed by atoms with E-state index in [1.807, 2.05) is 19.9 Å². The van der Waals surface area contributed by atoms with E-state index in [0.29, 0.717) is 12.3 Å². The Kier molecular flexibility index (Phi) is 4.30. The van der Waals surface area contributed by atoms with Crippen molar-refractivity contribution in [3.05, 3.63) is 0 Å². The van der Waals surface area contributed by atoms with Crippen LogP contribution in [0, 0.1) is 17.2 Å². The standard InChI is InChI=1S/C7H12N2O/c1-6(2)5-7(10)9-4-3-8/h6H,4-5H2,1-2H3,(H,9,10). The second-order valence-corrected chi connectivity index (χ2v) is 2.53. The molecule has 0 spiro atoms. The molecule has 1 amide bonds. The Bertz CT molecular complexity index is 146. The normalized spacial score (nSPS) is 9.00. The second kappa shape index (κ2) is 4.80. The van der Waals surface area contributed by atoms with Crippen LogP contribution in [0.3, 0.4) is 0 Å².